The molecule has 0 aliphatic carbocycles. The minimum atomic E-state index is 0.136. The van der Waals surface area contributed by atoms with Crippen molar-refractivity contribution in [1.82, 2.24) is 14.8 Å². The van der Waals surface area contributed by atoms with Crippen molar-refractivity contribution in [3.05, 3.63) is 30.6 Å². The molecule has 0 amide bonds. The lowest BCUT2D eigenvalue weighted by Crippen LogP contribution is -2.21. The van der Waals surface area contributed by atoms with Gasteiger partial charge in [-0.3, -0.25) is 0 Å². The van der Waals surface area contributed by atoms with E-state index in [0.717, 1.165) is 17.1 Å². The van der Waals surface area contributed by atoms with Gasteiger partial charge in [0.15, 0.2) is 11.3 Å². The maximum atomic E-state index is 4.29. The van der Waals surface area contributed by atoms with Crippen LogP contribution in [0.4, 0.5) is 5.69 Å². The van der Waals surface area contributed by atoms with Crippen LogP contribution in [-0.2, 0) is 0 Å². The Kier molecular flexibility index (Phi) is 1.92. The molecule has 4 nitrogen and oxygen atoms in total. The molecule has 2 heterocycles. The number of hydrogen-bond donors (Lipinski definition) is 1. The second-order valence-corrected chi connectivity index (χ2v) is 4.22. The lowest BCUT2D eigenvalue weighted by molar-refractivity contribution is 0.651. The summed E-state index contributed by atoms with van der Waals surface area (Å²) in [7, 11) is 0. The quantitative estimate of drug-likeness (QED) is 0.796. The Balaban J connectivity index is 2.22. The van der Waals surface area contributed by atoms with E-state index in [1.54, 1.807) is 18.1 Å². The van der Waals surface area contributed by atoms with Gasteiger partial charge in [0.1, 0.15) is 6.33 Å². The molecule has 1 aliphatic rings. The van der Waals surface area contributed by atoms with Crippen molar-refractivity contribution < 1.29 is 0 Å². The van der Waals surface area contributed by atoms with Crippen LogP contribution in [0.1, 0.15) is 5.50 Å². The van der Waals surface area contributed by atoms with Crippen LogP contribution in [0, 0.1) is 0 Å². The first-order valence-electron chi connectivity index (χ1n) is 4.68. The maximum absolute atomic E-state index is 4.29. The Bertz CT molecular complexity index is 494. The van der Waals surface area contributed by atoms with E-state index in [0.29, 0.717) is 0 Å². The summed E-state index contributed by atoms with van der Waals surface area (Å²) in [5.41, 5.74) is 2.37. The van der Waals surface area contributed by atoms with Gasteiger partial charge in [-0.05, 0) is 18.4 Å². The average molecular weight is 218 g/mol. The Morgan fingerprint density at radius 3 is 3.13 bits per heavy atom. The lowest BCUT2D eigenvalue weighted by Gasteiger charge is -2.26. The summed E-state index contributed by atoms with van der Waals surface area (Å²) in [5.74, 6) is 0.934. The Morgan fingerprint density at radius 2 is 2.27 bits per heavy atom. The van der Waals surface area contributed by atoms with E-state index in [9.17, 15) is 0 Å². The molecule has 76 valence electrons. The smallest absolute Gasteiger partial charge is 0.170 e. The van der Waals surface area contributed by atoms with Crippen LogP contribution in [0.3, 0.4) is 0 Å². The van der Waals surface area contributed by atoms with E-state index in [2.05, 4.69) is 33.8 Å². The van der Waals surface area contributed by atoms with Gasteiger partial charge in [-0.15, -0.1) is 11.8 Å². The predicted octanol–water partition coefficient (Wildman–Crippen LogP) is 2.19. The topological polar surface area (TPSA) is 42.7 Å². The van der Waals surface area contributed by atoms with Crippen LogP contribution in [0.5, 0.6) is 0 Å². The van der Waals surface area contributed by atoms with E-state index in [4.69, 9.17) is 0 Å². The molecule has 3 rings (SSSR count). The molecule has 1 N–H and O–H groups in total. The van der Waals surface area contributed by atoms with E-state index in [-0.39, 0.29) is 5.50 Å². The first kappa shape index (κ1) is 8.79. The maximum Gasteiger partial charge on any atom is 0.170 e. The van der Waals surface area contributed by atoms with Crippen molar-refractivity contribution in [2.24, 2.45) is 0 Å². The monoisotopic (exact) mass is 218 g/mol. The van der Waals surface area contributed by atoms with Crippen molar-refractivity contribution in [3.8, 4) is 11.4 Å². The zero-order valence-corrected chi connectivity index (χ0v) is 9.03. The van der Waals surface area contributed by atoms with E-state index < -0.39 is 0 Å². The van der Waals surface area contributed by atoms with Gasteiger partial charge in [0.25, 0.3) is 0 Å². The highest BCUT2D eigenvalue weighted by atomic mass is 32.2. The number of nitrogens with zero attached hydrogens (tertiary/aromatic N) is 3. The minimum Gasteiger partial charge on any atom is -0.355 e. The van der Waals surface area contributed by atoms with Crippen LogP contribution in [0.2, 0.25) is 0 Å². The Hall–Kier alpha value is -1.49. The second-order valence-electron chi connectivity index (χ2n) is 3.31. The zero-order valence-electron chi connectivity index (χ0n) is 8.21. The molecule has 1 aromatic heterocycles. The average Bonchev–Trinajstić information content (AvgIpc) is 2.77. The third kappa shape index (κ3) is 1.23. The number of rotatable bonds is 1. The van der Waals surface area contributed by atoms with Gasteiger partial charge in [-0.25, -0.2) is 9.67 Å². The number of para-hydroxylation sites is 1. The molecule has 0 saturated carbocycles. The van der Waals surface area contributed by atoms with Crippen LogP contribution in [-0.4, -0.2) is 21.0 Å². The molecule has 0 saturated heterocycles. The molecular weight excluding hydrogens is 208 g/mol. The molecule has 5 heteroatoms. The van der Waals surface area contributed by atoms with Gasteiger partial charge in [0.2, 0.25) is 0 Å². The van der Waals surface area contributed by atoms with Gasteiger partial charge >= 0.3 is 0 Å². The number of aromatic nitrogens is 3. The summed E-state index contributed by atoms with van der Waals surface area (Å²) < 4.78 is 1.91. The van der Waals surface area contributed by atoms with Crippen molar-refractivity contribution >= 4 is 17.4 Å². The fourth-order valence-electron chi connectivity index (χ4n) is 1.77. The Morgan fingerprint density at radius 1 is 1.40 bits per heavy atom. The van der Waals surface area contributed by atoms with Crippen molar-refractivity contribution in [2.75, 3.05) is 11.6 Å². The summed E-state index contributed by atoms with van der Waals surface area (Å²) >= 11 is 1.71. The van der Waals surface area contributed by atoms with Crippen LogP contribution < -0.4 is 5.32 Å². The first-order valence-corrected chi connectivity index (χ1v) is 5.97. The molecule has 0 fully saturated rings. The third-order valence-electron chi connectivity index (χ3n) is 2.47. The van der Waals surface area contributed by atoms with Crippen molar-refractivity contribution in [2.45, 2.75) is 5.50 Å². The number of anilines is 1. The van der Waals surface area contributed by atoms with E-state index >= 15 is 0 Å². The molecule has 1 aliphatic heterocycles. The number of nitrogens with one attached hydrogen (secondary N) is 1. The normalized spacial score (nSPS) is 17.8. The number of fused-ring (bicyclic) bond motifs is 3. The van der Waals surface area contributed by atoms with Crippen LogP contribution in [0.25, 0.3) is 11.4 Å². The largest absolute Gasteiger partial charge is 0.355 e. The van der Waals surface area contributed by atoms with Gasteiger partial charge < -0.3 is 5.32 Å². The number of hydrogen-bond acceptors (Lipinski definition) is 4. The van der Waals surface area contributed by atoms with Crippen molar-refractivity contribution in [3.63, 3.8) is 0 Å². The van der Waals surface area contributed by atoms with E-state index in [1.807, 2.05) is 16.8 Å². The first-order chi connectivity index (χ1) is 7.40. The predicted molar refractivity (Wildman–Crippen MR) is 61.6 cm³/mol. The summed E-state index contributed by atoms with van der Waals surface area (Å²) in [6.45, 7) is 0. The summed E-state index contributed by atoms with van der Waals surface area (Å²) in [6.07, 6.45) is 3.65. The highest BCUT2D eigenvalue weighted by Gasteiger charge is 2.23. The molecule has 1 aromatic carbocycles. The third-order valence-corrected chi connectivity index (χ3v) is 3.23. The van der Waals surface area contributed by atoms with Gasteiger partial charge in [-0.1, -0.05) is 12.1 Å². The highest BCUT2D eigenvalue weighted by Crippen LogP contribution is 2.36. The van der Waals surface area contributed by atoms with Crippen LogP contribution in [0.15, 0.2) is 30.6 Å². The SMILES string of the molecule is CSC1Nc2ccccc2-c2ncnn21. The molecule has 2 aromatic rings. The molecular formula is C10H10N4S. The molecule has 1 atom stereocenters. The number of thioether (sulfide) groups is 1. The van der Waals surface area contributed by atoms with Crippen molar-refractivity contribution in [1.29, 1.82) is 0 Å². The van der Waals surface area contributed by atoms with E-state index in [1.165, 1.54) is 0 Å². The fraction of sp³-hybridized carbons (Fsp3) is 0.200. The molecule has 0 spiro atoms. The summed E-state index contributed by atoms with van der Waals surface area (Å²) in [6, 6.07) is 8.16. The second kappa shape index (κ2) is 3.27. The standard InChI is InChI=1S/C10H10N4S/c1-15-10-13-8-5-3-2-4-7(8)9-11-6-12-14(9)10/h2-6,10,13H,1H3. The fourth-order valence-corrected chi connectivity index (χ4v) is 2.37. The molecule has 15 heavy (non-hydrogen) atoms. The number of benzene rings is 1. The molecule has 0 bridgehead atoms. The minimum absolute atomic E-state index is 0.136. The van der Waals surface area contributed by atoms with Gasteiger partial charge in [0, 0.05) is 11.3 Å². The zero-order chi connectivity index (χ0) is 10.3. The summed E-state index contributed by atoms with van der Waals surface area (Å²) in [5, 5.41) is 7.64. The lowest BCUT2D eigenvalue weighted by atomic mass is 10.1. The molecule has 1 unspecified atom stereocenters. The summed E-state index contributed by atoms with van der Waals surface area (Å²) in [4.78, 5) is 4.29. The van der Waals surface area contributed by atoms with Crippen LogP contribution >= 0.6 is 11.8 Å². The van der Waals surface area contributed by atoms with Gasteiger partial charge in [0.05, 0.1) is 0 Å². The Labute approximate surface area is 91.7 Å². The highest BCUT2D eigenvalue weighted by molar-refractivity contribution is 7.98. The molecule has 0 radical (unpaired) electrons. The van der Waals surface area contributed by atoms with Gasteiger partial charge in [-0.2, -0.15) is 5.10 Å².